The molecule has 0 unspecified atom stereocenters. The third kappa shape index (κ3) is 2.38. The number of ether oxygens (including phenoxy) is 1. The quantitative estimate of drug-likeness (QED) is 0.845. The van der Waals surface area contributed by atoms with Gasteiger partial charge in [0.1, 0.15) is 5.75 Å². The van der Waals surface area contributed by atoms with Crippen molar-refractivity contribution in [3.05, 3.63) is 36.4 Å². The van der Waals surface area contributed by atoms with Crippen molar-refractivity contribution in [2.75, 3.05) is 0 Å². The molecule has 0 amide bonds. The van der Waals surface area contributed by atoms with Crippen molar-refractivity contribution < 1.29 is 4.74 Å². The fraction of sp³-hybridized carbons (Fsp3) is 0.273. The lowest BCUT2D eigenvalue weighted by Gasteiger charge is -2.03. The van der Waals surface area contributed by atoms with Crippen molar-refractivity contribution in [3.8, 4) is 11.5 Å². The van der Waals surface area contributed by atoms with Gasteiger partial charge in [0.2, 0.25) is 0 Å². The van der Waals surface area contributed by atoms with Gasteiger partial charge in [-0.25, -0.2) is 0 Å². The fourth-order valence-electron chi connectivity index (χ4n) is 1.34. The predicted molar refractivity (Wildman–Crippen MR) is 60.1 cm³/mol. The minimum atomic E-state index is 0.408. The number of nitrogens with two attached hydrogens (primary N) is 1. The highest BCUT2D eigenvalue weighted by Gasteiger charge is 2.01. The van der Waals surface area contributed by atoms with Crippen LogP contribution in [0, 0.1) is 0 Å². The van der Waals surface area contributed by atoms with Gasteiger partial charge >= 0.3 is 0 Å². The summed E-state index contributed by atoms with van der Waals surface area (Å²) in [5.74, 6) is 1.45. The molecule has 0 aromatic carbocycles. The second-order valence-electron chi connectivity index (χ2n) is 3.32. The zero-order valence-corrected chi connectivity index (χ0v) is 9.13. The van der Waals surface area contributed by atoms with Gasteiger partial charge in [-0.05, 0) is 13.0 Å². The van der Waals surface area contributed by atoms with Crippen LogP contribution in [0.1, 0.15) is 12.6 Å². The Labute approximate surface area is 93.9 Å². The summed E-state index contributed by atoms with van der Waals surface area (Å²) in [5.41, 5.74) is 6.31. The third-order valence-electron chi connectivity index (χ3n) is 2.17. The number of rotatable bonds is 4. The van der Waals surface area contributed by atoms with E-state index in [1.165, 1.54) is 0 Å². The van der Waals surface area contributed by atoms with Crippen LogP contribution in [-0.2, 0) is 13.1 Å². The average Bonchev–Trinajstić information content (AvgIpc) is 2.77. The zero-order chi connectivity index (χ0) is 11.4. The number of hydrogen-bond acceptors (Lipinski definition) is 4. The Hall–Kier alpha value is -1.88. The molecule has 16 heavy (non-hydrogen) atoms. The molecule has 0 aliphatic carbocycles. The molecule has 2 rings (SSSR count). The fourth-order valence-corrected chi connectivity index (χ4v) is 1.34. The van der Waals surface area contributed by atoms with Crippen LogP contribution in [0.3, 0.4) is 0 Å². The highest BCUT2D eigenvalue weighted by atomic mass is 16.5. The first-order valence-corrected chi connectivity index (χ1v) is 5.17. The maximum atomic E-state index is 5.62. The molecular weight excluding hydrogens is 204 g/mol. The average molecular weight is 218 g/mol. The third-order valence-corrected chi connectivity index (χ3v) is 2.17. The molecule has 2 aromatic heterocycles. The van der Waals surface area contributed by atoms with Crippen LogP contribution in [0.15, 0.2) is 30.7 Å². The lowest BCUT2D eigenvalue weighted by molar-refractivity contribution is 0.479. The van der Waals surface area contributed by atoms with Crippen LogP contribution >= 0.6 is 0 Å². The summed E-state index contributed by atoms with van der Waals surface area (Å²) in [6.07, 6.45) is 5.22. The van der Waals surface area contributed by atoms with Crippen molar-refractivity contribution in [2.24, 2.45) is 5.73 Å². The summed E-state index contributed by atoms with van der Waals surface area (Å²) >= 11 is 0. The largest absolute Gasteiger partial charge is 0.454 e. The molecule has 0 saturated heterocycles. The molecule has 2 N–H and O–H groups in total. The second kappa shape index (κ2) is 4.76. The first-order chi connectivity index (χ1) is 7.81. The van der Waals surface area contributed by atoms with Gasteiger partial charge in [-0.3, -0.25) is 9.67 Å². The van der Waals surface area contributed by atoms with Crippen molar-refractivity contribution in [2.45, 2.75) is 20.0 Å². The van der Waals surface area contributed by atoms with Crippen LogP contribution in [0.25, 0.3) is 0 Å². The van der Waals surface area contributed by atoms with Gasteiger partial charge in [0.15, 0.2) is 5.75 Å². The number of aromatic nitrogens is 3. The van der Waals surface area contributed by atoms with Gasteiger partial charge in [-0.1, -0.05) is 0 Å². The van der Waals surface area contributed by atoms with Crippen LogP contribution in [0.4, 0.5) is 0 Å². The molecule has 5 heteroatoms. The second-order valence-corrected chi connectivity index (χ2v) is 3.32. The summed E-state index contributed by atoms with van der Waals surface area (Å²) in [6, 6.07) is 3.62. The van der Waals surface area contributed by atoms with Gasteiger partial charge in [0.05, 0.1) is 18.1 Å². The smallest absolute Gasteiger partial charge is 0.165 e. The zero-order valence-electron chi connectivity index (χ0n) is 9.13. The molecule has 0 saturated carbocycles. The molecular formula is C11H14N4O. The van der Waals surface area contributed by atoms with E-state index in [1.54, 1.807) is 23.1 Å². The van der Waals surface area contributed by atoms with Crippen molar-refractivity contribution in [1.29, 1.82) is 0 Å². The standard InChI is InChI=1S/C11H14N4O/c1-2-15-8-11(7-14-15)16-10-3-4-13-9(5-10)6-12/h3-5,7-8H,2,6,12H2,1H3. The first kappa shape index (κ1) is 10.6. The Morgan fingerprint density at radius 2 is 2.31 bits per heavy atom. The maximum Gasteiger partial charge on any atom is 0.165 e. The molecule has 0 atom stereocenters. The molecule has 0 spiro atoms. The van der Waals surface area contributed by atoms with Crippen LogP contribution in [0.5, 0.6) is 11.5 Å². The SMILES string of the molecule is CCn1cc(Oc2ccnc(CN)c2)cn1. The van der Waals surface area contributed by atoms with Gasteiger partial charge in [-0.15, -0.1) is 0 Å². The highest BCUT2D eigenvalue weighted by molar-refractivity contribution is 5.28. The van der Waals surface area contributed by atoms with Crippen molar-refractivity contribution in [1.82, 2.24) is 14.8 Å². The van der Waals surface area contributed by atoms with E-state index in [2.05, 4.69) is 10.1 Å². The topological polar surface area (TPSA) is 66.0 Å². The molecule has 2 aromatic rings. The highest BCUT2D eigenvalue weighted by Crippen LogP contribution is 2.20. The molecule has 84 valence electrons. The van der Waals surface area contributed by atoms with E-state index in [1.807, 2.05) is 19.2 Å². The summed E-state index contributed by atoms with van der Waals surface area (Å²) in [4.78, 5) is 4.10. The summed E-state index contributed by atoms with van der Waals surface area (Å²) in [7, 11) is 0. The van der Waals surface area contributed by atoms with Crippen molar-refractivity contribution >= 4 is 0 Å². The minimum absolute atomic E-state index is 0.408. The molecule has 0 fully saturated rings. The molecule has 5 nitrogen and oxygen atoms in total. The maximum absolute atomic E-state index is 5.62. The molecule has 0 aliphatic rings. The van der Waals surface area contributed by atoms with Crippen LogP contribution < -0.4 is 10.5 Å². The molecule has 2 heterocycles. The Morgan fingerprint density at radius 1 is 1.44 bits per heavy atom. The Balaban J connectivity index is 2.13. The summed E-state index contributed by atoms with van der Waals surface area (Å²) in [6.45, 7) is 3.26. The van der Waals surface area contributed by atoms with Gasteiger partial charge < -0.3 is 10.5 Å². The van der Waals surface area contributed by atoms with E-state index in [0.29, 0.717) is 6.54 Å². The lowest BCUT2D eigenvalue weighted by Crippen LogP contribution is -1.99. The van der Waals surface area contributed by atoms with Crippen LogP contribution in [-0.4, -0.2) is 14.8 Å². The van der Waals surface area contributed by atoms with E-state index in [4.69, 9.17) is 10.5 Å². The monoisotopic (exact) mass is 218 g/mol. The number of pyridine rings is 1. The summed E-state index contributed by atoms with van der Waals surface area (Å²) in [5, 5.41) is 4.12. The van der Waals surface area contributed by atoms with Gasteiger partial charge in [-0.2, -0.15) is 5.10 Å². The first-order valence-electron chi connectivity index (χ1n) is 5.17. The van der Waals surface area contributed by atoms with Crippen LogP contribution in [0.2, 0.25) is 0 Å². The molecule has 0 aliphatic heterocycles. The summed E-state index contributed by atoms with van der Waals surface area (Å²) < 4.78 is 7.43. The van der Waals surface area contributed by atoms with E-state index in [9.17, 15) is 0 Å². The normalized spacial score (nSPS) is 10.4. The minimum Gasteiger partial charge on any atom is -0.454 e. The predicted octanol–water partition coefficient (Wildman–Crippen LogP) is 1.55. The van der Waals surface area contributed by atoms with E-state index < -0.39 is 0 Å². The van der Waals surface area contributed by atoms with Crippen molar-refractivity contribution in [3.63, 3.8) is 0 Å². The Bertz CT molecular complexity index is 467. The van der Waals surface area contributed by atoms with Gasteiger partial charge in [0.25, 0.3) is 0 Å². The Kier molecular flexibility index (Phi) is 3.16. The number of nitrogens with zero attached hydrogens (tertiary/aromatic N) is 3. The Morgan fingerprint density at radius 3 is 3.00 bits per heavy atom. The van der Waals surface area contributed by atoms with E-state index in [-0.39, 0.29) is 0 Å². The van der Waals surface area contributed by atoms with E-state index in [0.717, 1.165) is 23.7 Å². The molecule has 0 bridgehead atoms. The van der Waals surface area contributed by atoms with E-state index >= 15 is 0 Å². The number of hydrogen-bond donors (Lipinski definition) is 1. The van der Waals surface area contributed by atoms with Gasteiger partial charge in [0, 0.05) is 25.4 Å². The lowest BCUT2D eigenvalue weighted by atomic mass is 10.3. The molecule has 0 radical (unpaired) electrons. The number of aryl methyl sites for hydroxylation is 1.